The Morgan fingerprint density at radius 1 is 1.23 bits per heavy atom. The lowest BCUT2D eigenvalue weighted by Gasteiger charge is -2.09. The molecule has 116 valence electrons. The average Bonchev–Trinajstić information content (AvgIpc) is 3.07. The van der Waals surface area contributed by atoms with Crippen molar-refractivity contribution in [1.82, 2.24) is 5.43 Å². The number of nitrogens with one attached hydrogen (secondary N) is 1. The largest absolute Gasteiger partial charge is 0.493 e. The van der Waals surface area contributed by atoms with Crippen molar-refractivity contribution in [1.29, 1.82) is 0 Å². The highest BCUT2D eigenvalue weighted by molar-refractivity contribution is 5.96. The van der Waals surface area contributed by atoms with Gasteiger partial charge in [-0.25, -0.2) is 5.43 Å². The van der Waals surface area contributed by atoms with Gasteiger partial charge in [0.15, 0.2) is 11.5 Å². The first-order valence-corrected chi connectivity index (χ1v) is 6.72. The second kappa shape index (κ2) is 7.31. The number of ether oxygens (including phenoxy) is 2. The summed E-state index contributed by atoms with van der Waals surface area (Å²) in [7, 11) is 3.12. The monoisotopic (exact) mass is 302 g/mol. The molecule has 2 aromatic rings. The lowest BCUT2D eigenvalue weighted by molar-refractivity contribution is -0.120. The Labute approximate surface area is 128 Å². The molecule has 1 N–H and O–H groups in total. The fraction of sp³-hybridized carbons (Fsp3) is 0.250. The number of hydrazone groups is 1. The second-order valence-corrected chi connectivity index (χ2v) is 4.58. The highest BCUT2D eigenvalue weighted by atomic mass is 16.5. The van der Waals surface area contributed by atoms with Crippen molar-refractivity contribution in [3.8, 4) is 11.5 Å². The van der Waals surface area contributed by atoms with Crippen LogP contribution in [0.5, 0.6) is 11.5 Å². The zero-order valence-electron chi connectivity index (χ0n) is 12.8. The van der Waals surface area contributed by atoms with E-state index in [1.165, 1.54) is 0 Å². The van der Waals surface area contributed by atoms with Gasteiger partial charge in [-0.2, -0.15) is 5.10 Å². The molecule has 1 aromatic carbocycles. The standard InChI is InChI=1S/C16H18N2O4/c1-11(13-5-4-8-22-13)17-18-16(19)10-12-6-7-14(20-2)15(9-12)21-3/h4-9H,10H2,1-3H3,(H,18,19)/b17-11+. The van der Waals surface area contributed by atoms with Gasteiger partial charge in [-0.3, -0.25) is 4.79 Å². The van der Waals surface area contributed by atoms with Gasteiger partial charge in [0.2, 0.25) is 5.91 Å². The first kappa shape index (κ1) is 15.6. The predicted octanol–water partition coefficient (Wildman–Crippen LogP) is 2.38. The van der Waals surface area contributed by atoms with Gasteiger partial charge in [0, 0.05) is 0 Å². The van der Waals surface area contributed by atoms with Crippen LogP contribution < -0.4 is 14.9 Å². The number of rotatable bonds is 6. The minimum Gasteiger partial charge on any atom is -0.493 e. The molecule has 1 aromatic heterocycles. The van der Waals surface area contributed by atoms with Crippen LogP contribution >= 0.6 is 0 Å². The molecule has 0 aliphatic rings. The molecular formula is C16H18N2O4. The molecule has 0 aliphatic heterocycles. The van der Waals surface area contributed by atoms with E-state index in [-0.39, 0.29) is 12.3 Å². The van der Waals surface area contributed by atoms with Crippen molar-refractivity contribution in [3.63, 3.8) is 0 Å². The smallest absolute Gasteiger partial charge is 0.244 e. The van der Waals surface area contributed by atoms with Gasteiger partial charge < -0.3 is 13.9 Å². The maximum absolute atomic E-state index is 11.9. The topological polar surface area (TPSA) is 73.1 Å². The summed E-state index contributed by atoms with van der Waals surface area (Å²) in [6.07, 6.45) is 1.75. The van der Waals surface area contributed by atoms with Crippen molar-refractivity contribution in [3.05, 3.63) is 47.9 Å². The summed E-state index contributed by atoms with van der Waals surface area (Å²) in [5, 5.41) is 4.01. The van der Waals surface area contributed by atoms with E-state index in [0.717, 1.165) is 5.56 Å². The Balaban J connectivity index is 1.99. The Kier molecular flexibility index (Phi) is 5.19. The number of carbonyl (C=O) groups excluding carboxylic acids is 1. The molecule has 1 heterocycles. The van der Waals surface area contributed by atoms with Crippen molar-refractivity contribution in [2.75, 3.05) is 14.2 Å². The van der Waals surface area contributed by atoms with E-state index in [1.54, 1.807) is 51.7 Å². The lowest BCUT2D eigenvalue weighted by atomic mass is 10.1. The molecule has 0 saturated carbocycles. The molecular weight excluding hydrogens is 284 g/mol. The summed E-state index contributed by atoms with van der Waals surface area (Å²) in [4.78, 5) is 11.9. The number of benzene rings is 1. The molecule has 0 radical (unpaired) electrons. The maximum Gasteiger partial charge on any atom is 0.244 e. The first-order chi connectivity index (χ1) is 10.6. The van der Waals surface area contributed by atoms with Crippen molar-refractivity contribution in [2.24, 2.45) is 5.10 Å². The van der Waals surface area contributed by atoms with Gasteiger partial charge in [-0.1, -0.05) is 6.07 Å². The first-order valence-electron chi connectivity index (χ1n) is 6.72. The van der Waals surface area contributed by atoms with Crippen LogP contribution in [-0.4, -0.2) is 25.8 Å². The molecule has 6 heteroatoms. The van der Waals surface area contributed by atoms with Crippen LogP contribution in [0.2, 0.25) is 0 Å². The Hall–Kier alpha value is -2.76. The average molecular weight is 302 g/mol. The van der Waals surface area contributed by atoms with Gasteiger partial charge in [-0.05, 0) is 36.8 Å². The number of methoxy groups -OCH3 is 2. The fourth-order valence-electron chi connectivity index (χ4n) is 1.90. The molecule has 0 spiro atoms. The van der Waals surface area contributed by atoms with Crippen molar-refractivity contribution >= 4 is 11.6 Å². The number of nitrogens with zero attached hydrogens (tertiary/aromatic N) is 1. The summed E-state index contributed by atoms with van der Waals surface area (Å²) in [5.74, 6) is 1.60. The van der Waals surface area contributed by atoms with Crippen LogP contribution in [0.15, 0.2) is 46.1 Å². The zero-order valence-corrected chi connectivity index (χ0v) is 12.8. The number of carbonyl (C=O) groups is 1. The second-order valence-electron chi connectivity index (χ2n) is 4.58. The molecule has 0 bridgehead atoms. The molecule has 0 aliphatic carbocycles. The lowest BCUT2D eigenvalue weighted by Crippen LogP contribution is -2.21. The normalized spacial score (nSPS) is 11.1. The molecule has 0 saturated heterocycles. The molecule has 0 fully saturated rings. The third-order valence-corrected chi connectivity index (χ3v) is 3.04. The molecule has 6 nitrogen and oxygen atoms in total. The van der Waals surface area contributed by atoms with Crippen molar-refractivity contribution in [2.45, 2.75) is 13.3 Å². The maximum atomic E-state index is 11.9. The minimum atomic E-state index is -0.224. The Bertz CT molecular complexity index is 663. The molecule has 0 unspecified atom stereocenters. The predicted molar refractivity (Wildman–Crippen MR) is 82.3 cm³/mol. The fourth-order valence-corrected chi connectivity index (χ4v) is 1.90. The summed E-state index contributed by atoms with van der Waals surface area (Å²) >= 11 is 0. The number of amides is 1. The third-order valence-electron chi connectivity index (χ3n) is 3.04. The minimum absolute atomic E-state index is 0.190. The molecule has 22 heavy (non-hydrogen) atoms. The zero-order chi connectivity index (χ0) is 15.9. The van der Waals surface area contributed by atoms with Gasteiger partial charge >= 0.3 is 0 Å². The Morgan fingerprint density at radius 3 is 2.64 bits per heavy atom. The quantitative estimate of drug-likeness (QED) is 0.657. The van der Waals surface area contributed by atoms with Crippen molar-refractivity contribution < 1.29 is 18.7 Å². The van der Waals surface area contributed by atoms with E-state index in [1.807, 2.05) is 6.07 Å². The van der Waals surface area contributed by atoms with E-state index < -0.39 is 0 Å². The summed E-state index contributed by atoms with van der Waals surface area (Å²) in [6.45, 7) is 1.76. The van der Waals surface area contributed by atoms with E-state index in [9.17, 15) is 4.79 Å². The highest BCUT2D eigenvalue weighted by Crippen LogP contribution is 2.27. The van der Waals surface area contributed by atoms with E-state index in [4.69, 9.17) is 13.9 Å². The van der Waals surface area contributed by atoms with E-state index in [0.29, 0.717) is 23.0 Å². The van der Waals surface area contributed by atoms with Gasteiger partial charge in [0.1, 0.15) is 11.5 Å². The Morgan fingerprint density at radius 2 is 2.00 bits per heavy atom. The summed E-state index contributed by atoms with van der Waals surface area (Å²) in [6, 6.07) is 8.88. The van der Waals surface area contributed by atoms with E-state index >= 15 is 0 Å². The highest BCUT2D eigenvalue weighted by Gasteiger charge is 2.08. The summed E-state index contributed by atoms with van der Waals surface area (Å²) in [5.41, 5.74) is 3.91. The number of hydrogen-bond acceptors (Lipinski definition) is 5. The molecule has 1 amide bonds. The molecule has 0 atom stereocenters. The number of furan rings is 1. The third kappa shape index (κ3) is 3.88. The van der Waals surface area contributed by atoms with Crippen LogP contribution in [0.1, 0.15) is 18.2 Å². The van der Waals surface area contributed by atoms with Gasteiger partial charge in [0.05, 0.1) is 26.9 Å². The number of hydrogen-bond donors (Lipinski definition) is 1. The molecule has 2 rings (SSSR count). The van der Waals surface area contributed by atoms with Gasteiger partial charge in [-0.15, -0.1) is 0 Å². The SMILES string of the molecule is COc1ccc(CC(=O)N/N=C(\C)c2ccco2)cc1OC. The van der Waals surface area contributed by atoms with Crippen LogP contribution in [0.25, 0.3) is 0 Å². The van der Waals surface area contributed by atoms with Crippen LogP contribution in [0.3, 0.4) is 0 Å². The van der Waals surface area contributed by atoms with Crippen LogP contribution in [0, 0.1) is 0 Å². The van der Waals surface area contributed by atoms with E-state index in [2.05, 4.69) is 10.5 Å². The van der Waals surface area contributed by atoms with Crippen LogP contribution in [-0.2, 0) is 11.2 Å². The van der Waals surface area contributed by atoms with Crippen LogP contribution in [0.4, 0.5) is 0 Å². The van der Waals surface area contributed by atoms with Gasteiger partial charge in [0.25, 0.3) is 0 Å². The summed E-state index contributed by atoms with van der Waals surface area (Å²) < 4.78 is 15.6.